The normalized spacial score (nSPS) is 15.0. The molecule has 0 radical (unpaired) electrons. The lowest BCUT2D eigenvalue weighted by Gasteiger charge is -2.18. The van der Waals surface area contributed by atoms with E-state index in [1.807, 2.05) is 13.2 Å². The molecule has 0 aromatic heterocycles. The van der Waals surface area contributed by atoms with Gasteiger partial charge in [-0.3, -0.25) is 0 Å². The minimum Gasteiger partial charge on any atom is -0.394 e. The van der Waals surface area contributed by atoms with Crippen molar-refractivity contribution in [3.05, 3.63) is 89.3 Å². The Bertz CT molecular complexity index is 731. The van der Waals surface area contributed by atoms with Crippen LogP contribution >= 0.6 is 0 Å². The maximum atomic E-state index is 3.68. The van der Waals surface area contributed by atoms with Crippen LogP contribution in [0.5, 0.6) is 0 Å². The molecule has 1 aromatic rings. The summed E-state index contributed by atoms with van der Waals surface area (Å²) >= 11 is 0. The average molecular weight is 393 g/mol. The van der Waals surface area contributed by atoms with Gasteiger partial charge in [-0.25, -0.2) is 0 Å². The van der Waals surface area contributed by atoms with Gasteiger partial charge in [0, 0.05) is 19.3 Å². The number of hydrogen-bond donors (Lipinski definition) is 2. The Kier molecular flexibility index (Phi) is 11.6. The molecule has 2 N–H and O–H groups in total. The average Bonchev–Trinajstić information content (AvgIpc) is 2.70. The molecule has 0 amide bonds. The van der Waals surface area contributed by atoms with Gasteiger partial charge in [0.15, 0.2) is 0 Å². The number of hydrogen-bond acceptors (Lipinski definition) is 2. The fraction of sp³-hybridized carbons (Fsp3) is 0.407. The van der Waals surface area contributed by atoms with Gasteiger partial charge < -0.3 is 10.6 Å². The van der Waals surface area contributed by atoms with Crippen molar-refractivity contribution >= 4 is 6.08 Å². The van der Waals surface area contributed by atoms with Crippen LogP contribution in [-0.2, 0) is 0 Å². The Morgan fingerprint density at radius 3 is 2.24 bits per heavy atom. The summed E-state index contributed by atoms with van der Waals surface area (Å²) in [4.78, 5) is 0. The number of nitrogens with one attached hydrogen (secondary N) is 2. The molecule has 0 aliphatic heterocycles. The summed E-state index contributed by atoms with van der Waals surface area (Å²) in [5, 5.41) is 6.72. The van der Waals surface area contributed by atoms with Gasteiger partial charge >= 0.3 is 0 Å². The van der Waals surface area contributed by atoms with Crippen molar-refractivity contribution in [2.24, 2.45) is 17.8 Å². The minimum atomic E-state index is 0.402. The number of allylic oxidation sites excluding steroid dienone is 6. The number of rotatable bonds is 11. The van der Waals surface area contributed by atoms with E-state index in [-0.39, 0.29) is 0 Å². The lowest BCUT2D eigenvalue weighted by molar-refractivity contribution is 0.668. The third-order valence-corrected chi connectivity index (χ3v) is 5.01. The van der Waals surface area contributed by atoms with Crippen LogP contribution in [0.15, 0.2) is 83.8 Å². The highest BCUT2D eigenvalue weighted by Crippen LogP contribution is 2.17. The lowest BCUT2D eigenvalue weighted by atomic mass is 9.97. The maximum Gasteiger partial charge on any atom is 0.0397 e. The molecule has 0 saturated heterocycles. The molecule has 158 valence electrons. The van der Waals surface area contributed by atoms with Crippen LogP contribution < -0.4 is 10.6 Å². The van der Waals surface area contributed by atoms with E-state index in [2.05, 4.69) is 119 Å². The van der Waals surface area contributed by atoms with E-state index in [4.69, 9.17) is 0 Å². The molecule has 1 aromatic carbocycles. The van der Waals surface area contributed by atoms with Crippen LogP contribution in [-0.4, -0.2) is 13.6 Å². The first-order valence-electron chi connectivity index (χ1n) is 10.7. The largest absolute Gasteiger partial charge is 0.394 e. The summed E-state index contributed by atoms with van der Waals surface area (Å²) in [5.74, 6) is 1.37. The lowest BCUT2D eigenvalue weighted by Crippen LogP contribution is -2.20. The Balaban J connectivity index is 2.92. The summed E-state index contributed by atoms with van der Waals surface area (Å²) in [5.41, 5.74) is 5.26. The smallest absolute Gasteiger partial charge is 0.0397 e. The van der Waals surface area contributed by atoms with Gasteiger partial charge in [-0.2, -0.15) is 0 Å². The van der Waals surface area contributed by atoms with Crippen molar-refractivity contribution in [1.82, 2.24) is 10.6 Å². The quantitative estimate of drug-likeness (QED) is 0.408. The standard InChI is InChI=1S/C27H40N2/c1-21(2)24(6)26(17-16-25-13-9-8-10-14-25)20-29-27(22(3)4)15-11-12-23(5)18-19-28-7/h8-19,21-23,28-29H,20H2,1-7H3/b12-11-,17-16+,19-18-,26-24+,27-15+. The van der Waals surface area contributed by atoms with E-state index in [9.17, 15) is 0 Å². The van der Waals surface area contributed by atoms with Crippen molar-refractivity contribution in [1.29, 1.82) is 0 Å². The van der Waals surface area contributed by atoms with Crippen molar-refractivity contribution in [3.8, 4) is 0 Å². The van der Waals surface area contributed by atoms with E-state index < -0.39 is 0 Å². The first-order chi connectivity index (χ1) is 13.8. The molecule has 2 heteroatoms. The topological polar surface area (TPSA) is 24.1 Å². The van der Waals surface area contributed by atoms with Gasteiger partial charge in [-0.15, -0.1) is 0 Å². The van der Waals surface area contributed by atoms with Gasteiger partial charge in [0.1, 0.15) is 0 Å². The van der Waals surface area contributed by atoms with Crippen LogP contribution in [0.1, 0.15) is 47.1 Å². The van der Waals surface area contributed by atoms with Crippen LogP contribution in [0.4, 0.5) is 0 Å². The van der Waals surface area contributed by atoms with Gasteiger partial charge in [0.05, 0.1) is 0 Å². The van der Waals surface area contributed by atoms with Crippen LogP contribution in [0.2, 0.25) is 0 Å². The second-order valence-corrected chi connectivity index (χ2v) is 8.13. The minimum absolute atomic E-state index is 0.402. The number of benzene rings is 1. The first kappa shape index (κ1) is 24.6. The second-order valence-electron chi connectivity index (χ2n) is 8.13. The molecular weight excluding hydrogens is 352 g/mol. The second kappa shape index (κ2) is 13.7. The molecule has 0 saturated carbocycles. The van der Waals surface area contributed by atoms with E-state index in [0.717, 1.165) is 6.54 Å². The highest BCUT2D eigenvalue weighted by Gasteiger charge is 2.07. The van der Waals surface area contributed by atoms with Crippen LogP contribution in [0.25, 0.3) is 6.08 Å². The molecule has 0 heterocycles. The highest BCUT2D eigenvalue weighted by atomic mass is 14.9. The molecule has 2 nitrogen and oxygen atoms in total. The molecule has 0 fully saturated rings. The van der Waals surface area contributed by atoms with Crippen molar-refractivity contribution in [3.63, 3.8) is 0 Å². The van der Waals surface area contributed by atoms with Gasteiger partial charge in [-0.1, -0.05) is 101 Å². The van der Waals surface area contributed by atoms with Crippen molar-refractivity contribution in [2.45, 2.75) is 41.5 Å². The summed E-state index contributed by atoms with van der Waals surface area (Å²) in [6.45, 7) is 14.2. The maximum absolute atomic E-state index is 3.68. The Morgan fingerprint density at radius 1 is 0.966 bits per heavy atom. The third-order valence-electron chi connectivity index (χ3n) is 5.01. The van der Waals surface area contributed by atoms with Gasteiger partial charge in [0.2, 0.25) is 0 Å². The van der Waals surface area contributed by atoms with E-state index in [1.54, 1.807) is 0 Å². The third kappa shape index (κ3) is 10.0. The SMILES string of the molecule is CN/C=C\C(C)/C=C\C=C(\NCC(/C=C/c1ccccc1)=C(\C)C(C)C)C(C)C. The fourth-order valence-corrected chi connectivity index (χ4v) is 2.76. The molecule has 29 heavy (non-hydrogen) atoms. The Labute approximate surface area is 179 Å². The van der Waals surface area contributed by atoms with Crippen LogP contribution in [0, 0.1) is 17.8 Å². The monoisotopic (exact) mass is 392 g/mol. The zero-order valence-electron chi connectivity index (χ0n) is 19.4. The molecule has 0 bridgehead atoms. The van der Waals surface area contributed by atoms with Gasteiger partial charge in [0.25, 0.3) is 0 Å². The molecular formula is C27H40N2. The Hall–Kier alpha value is -2.48. The van der Waals surface area contributed by atoms with E-state index in [1.165, 1.54) is 22.4 Å². The van der Waals surface area contributed by atoms with E-state index >= 15 is 0 Å². The van der Waals surface area contributed by atoms with Crippen molar-refractivity contribution in [2.75, 3.05) is 13.6 Å². The zero-order valence-corrected chi connectivity index (χ0v) is 19.4. The molecule has 0 aliphatic carbocycles. The molecule has 1 atom stereocenters. The molecule has 0 spiro atoms. The Morgan fingerprint density at radius 2 is 1.66 bits per heavy atom. The molecule has 1 unspecified atom stereocenters. The first-order valence-corrected chi connectivity index (χ1v) is 10.7. The fourth-order valence-electron chi connectivity index (χ4n) is 2.76. The summed E-state index contributed by atoms with van der Waals surface area (Å²) < 4.78 is 0. The summed E-state index contributed by atoms with van der Waals surface area (Å²) in [6.07, 6.45) is 15.2. The molecule has 0 aliphatic rings. The van der Waals surface area contributed by atoms with E-state index in [0.29, 0.717) is 17.8 Å². The van der Waals surface area contributed by atoms with Crippen LogP contribution in [0.3, 0.4) is 0 Å². The predicted molar refractivity (Wildman–Crippen MR) is 130 cm³/mol. The predicted octanol–water partition coefficient (Wildman–Crippen LogP) is 6.73. The van der Waals surface area contributed by atoms with Gasteiger partial charge in [-0.05, 0) is 48.1 Å². The molecule has 1 rings (SSSR count). The zero-order chi connectivity index (χ0) is 21.6. The highest BCUT2D eigenvalue weighted by molar-refractivity contribution is 5.53. The summed E-state index contributed by atoms with van der Waals surface area (Å²) in [7, 11) is 1.92. The van der Waals surface area contributed by atoms with Crippen molar-refractivity contribution < 1.29 is 0 Å². The summed E-state index contributed by atoms with van der Waals surface area (Å²) in [6, 6.07) is 10.5.